The molecule has 1 aromatic carbocycles. The van der Waals surface area contributed by atoms with E-state index in [1.807, 2.05) is 42.5 Å². The summed E-state index contributed by atoms with van der Waals surface area (Å²) in [6, 6.07) is 12.4. The van der Waals surface area contributed by atoms with Crippen molar-refractivity contribution < 1.29 is 4.79 Å². The lowest BCUT2D eigenvalue weighted by Gasteiger charge is -2.20. The number of halogens is 2. The van der Waals surface area contributed by atoms with Gasteiger partial charge in [-0.05, 0) is 31.5 Å². The van der Waals surface area contributed by atoms with Gasteiger partial charge < -0.3 is 16.0 Å². The van der Waals surface area contributed by atoms with Crippen LogP contribution in [0.2, 0.25) is 0 Å². The molecule has 0 radical (unpaired) electrons. The van der Waals surface area contributed by atoms with Crippen molar-refractivity contribution in [3.05, 3.63) is 54.2 Å². The fourth-order valence-corrected chi connectivity index (χ4v) is 2.23. The number of hydrogen-bond donors (Lipinski definition) is 2. The van der Waals surface area contributed by atoms with Crippen LogP contribution in [-0.4, -0.2) is 24.0 Å². The van der Waals surface area contributed by atoms with Gasteiger partial charge in [-0.1, -0.05) is 30.3 Å². The van der Waals surface area contributed by atoms with Gasteiger partial charge in [0.2, 0.25) is 5.91 Å². The smallest absolute Gasteiger partial charge is 0.245 e. The molecule has 0 saturated carbocycles. The van der Waals surface area contributed by atoms with Crippen LogP contribution in [0.3, 0.4) is 0 Å². The van der Waals surface area contributed by atoms with Crippen molar-refractivity contribution in [1.82, 2.24) is 4.98 Å². The zero-order valence-corrected chi connectivity index (χ0v) is 15.4. The molecule has 1 aromatic heterocycles. The third-order valence-corrected chi connectivity index (χ3v) is 3.54. The van der Waals surface area contributed by atoms with E-state index in [1.54, 1.807) is 6.20 Å². The first-order valence-electron chi connectivity index (χ1n) is 7.48. The lowest BCUT2D eigenvalue weighted by molar-refractivity contribution is -0.117. The van der Waals surface area contributed by atoms with Gasteiger partial charge in [-0.3, -0.25) is 4.79 Å². The van der Waals surface area contributed by atoms with Crippen molar-refractivity contribution in [3.8, 4) is 0 Å². The van der Waals surface area contributed by atoms with E-state index in [-0.39, 0.29) is 30.7 Å². The number of carbonyl (C=O) groups excluding carboxylic acids is 1. The second-order valence-electron chi connectivity index (χ2n) is 4.95. The van der Waals surface area contributed by atoms with Gasteiger partial charge in [0.05, 0.1) is 11.9 Å². The summed E-state index contributed by atoms with van der Waals surface area (Å²) >= 11 is 0. The quantitative estimate of drug-likeness (QED) is 0.816. The van der Waals surface area contributed by atoms with Crippen molar-refractivity contribution in [2.75, 3.05) is 23.3 Å². The molecule has 24 heavy (non-hydrogen) atoms. The SMILES string of the molecule is CCN(CC)c1ccc(NC(=O)C(N)c2ccccc2)cn1.Cl.Cl. The van der Waals surface area contributed by atoms with Crippen molar-refractivity contribution in [3.63, 3.8) is 0 Å². The number of amides is 1. The summed E-state index contributed by atoms with van der Waals surface area (Å²) in [5.41, 5.74) is 7.40. The van der Waals surface area contributed by atoms with Gasteiger partial charge in [0, 0.05) is 13.1 Å². The van der Waals surface area contributed by atoms with E-state index in [9.17, 15) is 4.79 Å². The first-order chi connectivity index (χ1) is 10.7. The maximum Gasteiger partial charge on any atom is 0.245 e. The molecular formula is C17H24Cl2N4O. The lowest BCUT2D eigenvalue weighted by Crippen LogP contribution is -2.28. The van der Waals surface area contributed by atoms with Crippen LogP contribution in [0, 0.1) is 0 Å². The van der Waals surface area contributed by atoms with Crippen LogP contribution in [0.15, 0.2) is 48.7 Å². The van der Waals surface area contributed by atoms with Crippen LogP contribution >= 0.6 is 24.8 Å². The van der Waals surface area contributed by atoms with Gasteiger partial charge in [0.1, 0.15) is 11.9 Å². The monoisotopic (exact) mass is 370 g/mol. The molecule has 0 saturated heterocycles. The van der Waals surface area contributed by atoms with Gasteiger partial charge in [-0.2, -0.15) is 0 Å². The van der Waals surface area contributed by atoms with Crippen LogP contribution in [0.4, 0.5) is 11.5 Å². The van der Waals surface area contributed by atoms with Crippen LogP contribution in [0.25, 0.3) is 0 Å². The Balaban J connectivity index is 0.00000264. The molecule has 1 heterocycles. The normalized spacial score (nSPS) is 10.8. The van der Waals surface area contributed by atoms with E-state index in [1.165, 1.54) is 0 Å². The Morgan fingerprint density at radius 1 is 1.12 bits per heavy atom. The van der Waals surface area contributed by atoms with Crippen molar-refractivity contribution in [2.24, 2.45) is 5.73 Å². The number of nitrogens with zero attached hydrogens (tertiary/aromatic N) is 2. The Labute approximate surface area is 155 Å². The first kappa shape index (κ1) is 22.2. The molecule has 0 aliphatic rings. The zero-order chi connectivity index (χ0) is 15.9. The number of carbonyl (C=O) groups is 1. The van der Waals surface area contributed by atoms with Gasteiger partial charge in [-0.25, -0.2) is 4.98 Å². The molecule has 5 nitrogen and oxygen atoms in total. The van der Waals surface area contributed by atoms with Crippen LogP contribution in [0.5, 0.6) is 0 Å². The summed E-state index contributed by atoms with van der Waals surface area (Å²) in [5, 5.41) is 2.80. The van der Waals surface area contributed by atoms with E-state index in [4.69, 9.17) is 5.73 Å². The summed E-state index contributed by atoms with van der Waals surface area (Å²) in [4.78, 5) is 18.7. The molecule has 0 spiro atoms. The fourth-order valence-electron chi connectivity index (χ4n) is 2.23. The molecule has 2 aromatic rings. The molecule has 1 unspecified atom stereocenters. The highest BCUT2D eigenvalue weighted by Gasteiger charge is 2.15. The van der Waals surface area contributed by atoms with Gasteiger partial charge in [-0.15, -0.1) is 24.8 Å². The highest BCUT2D eigenvalue weighted by Crippen LogP contribution is 2.16. The molecule has 0 aliphatic heterocycles. The summed E-state index contributed by atoms with van der Waals surface area (Å²) < 4.78 is 0. The van der Waals surface area contributed by atoms with Gasteiger partial charge in [0.15, 0.2) is 0 Å². The van der Waals surface area contributed by atoms with Gasteiger partial charge in [0.25, 0.3) is 0 Å². The first-order valence-corrected chi connectivity index (χ1v) is 7.48. The largest absolute Gasteiger partial charge is 0.357 e. The number of nitrogens with two attached hydrogens (primary N) is 1. The molecule has 0 bridgehead atoms. The molecular weight excluding hydrogens is 347 g/mol. The molecule has 0 fully saturated rings. The van der Waals surface area contributed by atoms with Crippen LogP contribution < -0.4 is 16.0 Å². The van der Waals surface area contributed by atoms with E-state index >= 15 is 0 Å². The third-order valence-electron chi connectivity index (χ3n) is 3.54. The maximum absolute atomic E-state index is 12.2. The average Bonchev–Trinajstić information content (AvgIpc) is 2.57. The maximum atomic E-state index is 12.2. The summed E-state index contributed by atoms with van der Waals surface area (Å²) in [6.07, 6.45) is 1.66. The number of benzene rings is 1. The molecule has 2 rings (SSSR count). The van der Waals surface area contributed by atoms with Crippen molar-refractivity contribution >= 4 is 42.2 Å². The average molecular weight is 371 g/mol. The summed E-state index contributed by atoms with van der Waals surface area (Å²) in [7, 11) is 0. The van der Waals surface area contributed by atoms with E-state index in [0.29, 0.717) is 5.69 Å². The Kier molecular flexibility index (Phi) is 10.0. The number of nitrogens with one attached hydrogen (secondary N) is 1. The summed E-state index contributed by atoms with van der Waals surface area (Å²) in [6.45, 7) is 5.96. The molecule has 132 valence electrons. The molecule has 7 heteroatoms. The van der Waals surface area contributed by atoms with Crippen molar-refractivity contribution in [2.45, 2.75) is 19.9 Å². The Morgan fingerprint density at radius 2 is 1.75 bits per heavy atom. The minimum Gasteiger partial charge on any atom is -0.357 e. The predicted molar refractivity (Wildman–Crippen MR) is 104 cm³/mol. The van der Waals surface area contributed by atoms with Crippen molar-refractivity contribution in [1.29, 1.82) is 0 Å². The van der Waals surface area contributed by atoms with Crippen LogP contribution in [0.1, 0.15) is 25.5 Å². The van der Waals surface area contributed by atoms with E-state index < -0.39 is 6.04 Å². The van der Waals surface area contributed by atoms with Gasteiger partial charge >= 0.3 is 0 Å². The second-order valence-corrected chi connectivity index (χ2v) is 4.95. The third kappa shape index (κ3) is 5.67. The standard InChI is InChI=1S/C17H22N4O.2ClH/c1-3-21(4-2)15-11-10-14(12-19-15)20-17(22)16(18)13-8-6-5-7-9-13;;/h5-12,16H,3-4,18H2,1-2H3,(H,20,22);2*1H. The highest BCUT2D eigenvalue weighted by atomic mass is 35.5. The zero-order valence-electron chi connectivity index (χ0n) is 13.8. The van der Waals surface area contributed by atoms with E-state index in [0.717, 1.165) is 24.5 Å². The highest BCUT2D eigenvalue weighted by molar-refractivity contribution is 5.95. The Hall–Kier alpha value is -1.82. The fraction of sp³-hybridized carbons (Fsp3) is 0.294. The minimum atomic E-state index is -0.691. The number of rotatable bonds is 6. The second kappa shape index (κ2) is 10.9. The molecule has 1 amide bonds. The number of pyridine rings is 1. The van der Waals surface area contributed by atoms with Crippen LogP contribution in [-0.2, 0) is 4.79 Å². The van der Waals surface area contributed by atoms with E-state index in [2.05, 4.69) is 29.0 Å². The summed E-state index contributed by atoms with van der Waals surface area (Å²) in [5.74, 6) is 0.652. The number of aromatic nitrogens is 1. The molecule has 3 N–H and O–H groups in total. The topological polar surface area (TPSA) is 71.2 Å². The minimum absolute atomic E-state index is 0. The lowest BCUT2D eigenvalue weighted by atomic mass is 10.1. The number of hydrogen-bond acceptors (Lipinski definition) is 4. The molecule has 1 atom stereocenters. The number of anilines is 2. The predicted octanol–water partition coefficient (Wildman–Crippen LogP) is 3.41. The Bertz CT molecular complexity index is 604. The Morgan fingerprint density at radius 3 is 2.25 bits per heavy atom. The molecule has 0 aliphatic carbocycles.